The summed E-state index contributed by atoms with van der Waals surface area (Å²) in [6, 6.07) is 15.3. The number of nitrogens with one attached hydrogen (secondary N) is 1. The van der Waals surface area contributed by atoms with Crippen molar-refractivity contribution < 1.29 is 14.3 Å². The van der Waals surface area contributed by atoms with E-state index in [2.05, 4.69) is 35.1 Å². The fourth-order valence-corrected chi connectivity index (χ4v) is 4.22. The Morgan fingerprint density at radius 1 is 1.12 bits per heavy atom. The van der Waals surface area contributed by atoms with Crippen LogP contribution in [0.3, 0.4) is 0 Å². The number of methoxy groups -OCH3 is 1. The maximum Gasteiger partial charge on any atom is 0.251 e. The van der Waals surface area contributed by atoms with Crippen molar-refractivity contribution >= 4 is 17.2 Å². The van der Waals surface area contributed by atoms with Crippen LogP contribution in [0.25, 0.3) is 0 Å². The van der Waals surface area contributed by atoms with Gasteiger partial charge in [-0.2, -0.15) is 0 Å². The van der Waals surface area contributed by atoms with Gasteiger partial charge in [0.1, 0.15) is 18.1 Å². The highest BCUT2D eigenvalue weighted by Gasteiger charge is 2.20. The van der Waals surface area contributed by atoms with Crippen molar-refractivity contribution in [2.75, 3.05) is 26.7 Å². The standard InChI is InChI=1S/C25H31N3O3S/c1-5-28(6-2)24(19-9-7-11-22(13-19)30-4)15-26-25(29)20-10-8-12-23(14-20)31-16-21-17-32-18(3)27-21/h7-14,17,24H,5-6,15-16H2,1-4H3,(H,26,29). The van der Waals surface area contributed by atoms with E-state index in [1.165, 1.54) is 0 Å². The zero-order valence-electron chi connectivity index (χ0n) is 19.1. The van der Waals surface area contributed by atoms with Crippen molar-refractivity contribution in [2.24, 2.45) is 0 Å². The minimum Gasteiger partial charge on any atom is -0.497 e. The lowest BCUT2D eigenvalue weighted by molar-refractivity contribution is 0.0934. The Labute approximate surface area is 194 Å². The molecule has 7 heteroatoms. The smallest absolute Gasteiger partial charge is 0.251 e. The molecule has 6 nitrogen and oxygen atoms in total. The average molecular weight is 454 g/mol. The summed E-state index contributed by atoms with van der Waals surface area (Å²) in [5.41, 5.74) is 2.58. The zero-order chi connectivity index (χ0) is 22.9. The van der Waals surface area contributed by atoms with E-state index in [0.717, 1.165) is 35.1 Å². The predicted molar refractivity (Wildman–Crippen MR) is 129 cm³/mol. The summed E-state index contributed by atoms with van der Waals surface area (Å²) in [6.07, 6.45) is 0. The van der Waals surface area contributed by atoms with Crippen molar-refractivity contribution in [3.05, 3.63) is 75.7 Å². The number of carbonyl (C=O) groups excluding carboxylic acids is 1. The van der Waals surface area contributed by atoms with Crippen molar-refractivity contribution in [1.29, 1.82) is 0 Å². The van der Waals surface area contributed by atoms with E-state index in [9.17, 15) is 4.79 Å². The van der Waals surface area contributed by atoms with Gasteiger partial charge in [0.05, 0.1) is 23.9 Å². The van der Waals surface area contributed by atoms with Gasteiger partial charge >= 0.3 is 0 Å². The van der Waals surface area contributed by atoms with Gasteiger partial charge < -0.3 is 14.8 Å². The van der Waals surface area contributed by atoms with E-state index in [4.69, 9.17) is 9.47 Å². The number of nitrogens with zero attached hydrogens (tertiary/aromatic N) is 2. The van der Waals surface area contributed by atoms with Crippen LogP contribution in [0.15, 0.2) is 53.9 Å². The highest BCUT2D eigenvalue weighted by atomic mass is 32.1. The minimum atomic E-state index is -0.125. The van der Waals surface area contributed by atoms with E-state index < -0.39 is 0 Å². The molecule has 0 bridgehead atoms. The molecule has 0 saturated heterocycles. The van der Waals surface area contributed by atoms with Gasteiger partial charge in [-0.05, 0) is 55.9 Å². The molecule has 0 saturated carbocycles. The van der Waals surface area contributed by atoms with Gasteiger partial charge in [-0.3, -0.25) is 9.69 Å². The summed E-state index contributed by atoms with van der Waals surface area (Å²) < 4.78 is 11.2. The Bertz CT molecular complexity index is 1020. The van der Waals surface area contributed by atoms with Crippen LogP contribution in [0.4, 0.5) is 0 Å². The normalized spacial score (nSPS) is 11.9. The van der Waals surface area contributed by atoms with Gasteiger partial charge in [-0.1, -0.05) is 32.0 Å². The van der Waals surface area contributed by atoms with Crippen molar-refractivity contribution in [3.63, 3.8) is 0 Å². The number of benzene rings is 2. The van der Waals surface area contributed by atoms with E-state index in [-0.39, 0.29) is 11.9 Å². The topological polar surface area (TPSA) is 63.7 Å². The van der Waals surface area contributed by atoms with Gasteiger partial charge in [0.2, 0.25) is 0 Å². The summed E-state index contributed by atoms with van der Waals surface area (Å²) in [7, 11) is 1.66. The second kappa shape index (κ2) is 11.6. The summed E-state index contributed by atoms with van der Waals surface area (Å²) in [5.74, 6) is 1.34. The fraction of sp³-hybridized carbons (Fsp3) is 0.360. The van der Waals surface area contributed by atoms with Crippen LogP contribution >= 0.6 is 11.3 Å². The van der Waals surface area contributed by atoms with Crippen LogP contribution in [-0.2, 0) is 6.61 Å². The lowest BCUT2D eigenvalue weighted by Gasteiger charge is -2.30. The lowest BCUT2D eigenvalue weighted by Crippen LogP contribution is -2.38. The molecule has 2 aromatic carbocycles. The molecule has 0 aliphatic heterocycles. The Morgan fingerprint density at radius 2 is 1.88 bits per heavy atom. The van der Waals surface area contributed by atoms with Crippen LogP contribution in [0.1, 0.15) is 46.5 Å². The largest absolute Gasteiger partial charge is 0.497 e. The molecule has 1 N–H and O–H groups in total. The first kappa shape index (κ1) is 23.8. The highest BCUT2D eigenvalue weighted by Crippen LogP contribution is 2.24. The molecule has 32 heavy (non-hydrogen) atoms. The highest BCUT2D eigenvalue weighted by molar-refractivity contribution is 7.09. The first-order valence-electron chi connectivity index (χ1n) is 10.8. The number of thiazole rings is 1. The van der Waals surface area contributed by atoms with Crippen LogP contribution in [-0.4, -0.2) is 42.5 Å². The molecular formula is C25H31N3O3S. The maximum absolute atomic E-state index is 12.9. The van der Waals surface area contributed by atoms with Crippen LogP contribution in [0.2, 0.25) is 0 Å². The van der Waals surface area contributed by atoms with Gasteiger partial charge in [-0.25, -0.2) is 4.98 Å². The van der Waals surface area contributed by atoms with Crippen molar-refractivity contribution in [2.45, 2.75) is 33.4 Å². The number of hydrogen-bond donors (Lipinski definition) is 1. The number of carbonyl (C=O) groups is 1. The molecule has 170 valence electrons. The van der Waals surface area contributed by atoms with Crippen LogP contribution < -0.4 is 14.8 Å². The number of likely N-dealkylation sites (N-methyl/N-ethyl adjacent to an activating group) is 1. The molecule has 3 rings (SSSR count). The van der Waals surface area contributed by atoms with Gasteiger partial charge in [-0.15, -0.1) is 11.3 Å². The molecule has 0 fully saturated rings. The number of aryl methyl sites for hydroxylation is 1. The summed E-state index contributed by atoms with van der Waals surface area (Å²) in [4.78, 5) is 19.6. The molecule has 0 spiro atoms. The molecule has 1 aromatic heterocycles. The second-order valence-electron chi connectivity index (χ2n) is 7.40. The Morgan fingerprint density at radius 3 is 2.56 bits per heavy atom. The fourth-order valence-electron chi connectivity index (χ4n) is 3.62. The molecule has 1 unspecified atom stereocenters. The van der Waals surface area contributed by atoms with Gasteiger partial charge in [0.25, 0.3) is 5.91 Å². The van der Waals surface area contributed by atoms with Gasteiger partial charge in [0, 0.05) is 17.5 Å². The first-order valence-corrected chi connectivity index (χ1v) is 11.7. The number of amides is 1. The second-order valence-corrected chi connectivity index (χ2v) is 8.46. The zero-order valence-corrected chi connectivity index (χ0v) is 19.9. The number of hydrogen-bond acceptors (Lipinski definition) is 6. The SMILES string of the molecule is CCN(CC)C(CNC(=O)c1cccc(OCc2csc(C)n2)c1)c1cccc(OC)c1. The third-order valence-electron chi connectivity index (χ3n) is 5.34. The Hall–Kier alpha value is -2.90. The lowest BCUT2D eigenvalue weighted by atomic mass is 10.0. The van der Waals surface area contributed by atoms with E-state index in [0.29, 0.717) is 24.5 Å². The molecule has 3 aromatic rings. The molecule has 0 aliphatic carbocycles. The number of aromatic nitrogens is 1. The molecule has 0 aliphatic rings. The van der Waals surface area contributed by atoms with Crippen LogP contribution in [0.5, 0.6) is 11.5 Å². The average Bonchev–Trinajstić information content (AvgIpc) is 3.25. The molecule has 1 heterocycles. The summed E-state index contributed by atoms with van der Waals surface area (Å²) in [5, 5.41) is 6.09. The Kier molecular flexibility index (Phi) is 8.64. The molecular weight excluding hydrogens is 422 g/mol. The quantitative estimate of drug-likeness (QED) is 0.450. The summed E-state index contributed by atoms with van der Waals surface area (Å²) >= 11 is 1.60. The maximum atomic E-state index is 12.9. The molecule has 1 amide bonds. The monoisotopic (exact) mass is 453 g/mol. The number of rotatable bonds is 11. The predicted octanol–water partition coefficient (Wildman–Crippen LogP) is 4.85. The molecule has 1 atom stereocenters. The third-order valence-corrected chi connectivity index (χ3v) is 6.16. The third kappa shape index (κ3) is 6.31. The van der Waals surface area contributed by atoms with Crippen molar-refractivity contribution in [3.8, 4) is 11.5 Å². The summed E-state index contributed by atoms with van der Waals surface area (Å²) in [6.45, 7) is 8.87. The minimum absolute atomic E-state index is 0.0522. The van der Waals surface area contributed by atoms with Gasteiger partial charge in [0.15, 0.2) is 0 Å². The van der Waals surface area contributed by atoms with E-state index in [1.54, 1.807) is 30.6 Å². The Balaban J connectivity index is 1.67. The van der Waals surface area contributed by atoms with E-state index in [1.807, 2.05) is 42.6 Å². The van der Waals surface area contributed by atoms with Crippen molar-refractivity contribution in [1.82, 2.24) is 15.2 Å². The first-order chi connectivity index (χ1) is 15.5. The molecule has 0 radical (unpaired) electrons. The number of ether oxygens (including phenoxy) is 2. The van der Waals surface area contributed by atoms with Crippen LogP contribution in [0, 0.1) is 6.92 Å². The van der Waals surface area contributed by atoms with E-state index >= 15 is 0 Å².